The molecule has 0 unspecified atom stereocenters. The van der Waals surface area contributed by atoms with Crippen LogP contribution in [0.4, 0.5) is 27.7 Å². The topological polar surface area (TPSA) is 89.5 Å². The summed E-state index contributed by atoms with van der Waals surface area (Å²) in [4.78, 5) is 34.1. The van der Waals surface area contributed by atoms with Crippen LogP contribution in [0.5, 0.6) is 0 Å². The largest absolute Gasteiger partial charge is 0.354 e. The predicted octanol–water partition coefficient (Wildman–Crippen LogP) is 4.76. The van der Waals surface area contributed by atoms with E-state index in [0.717, 1.165) is 74.3 Å². The number of piperidine rings is 1. The van der Waals surface area contributed by atoms with Crippen LogP contribution in [0, 0.1) is 12.7 Å². The molecule has 10 heteroatoms. The zero-order valence-corrected chi connectivity index (χ0v) is 24.2. The van der Waals surface area contributed by atoms with E-state index in [1.807, 2.05) is 37.3 Å². The van der Waals surface area contributed by atoms with Crippen molar-refractivity contribution in [2.45, 2.75) is 32.7 Å². The Balaban J connectivity index is 1.26. The third kappa shape index (κ3) is 5.77. The van der Waals surface area contributed by atoms with E-state index in [0.29, 0.717) is 24.0 Å². The molecule has 9 nitrogen and oxygen atoms in total. The second-order valence-corrected chi connectivity index (χ2v) is 11.0. The number of rotatable bonds is 7. The quantitative estimate of drug-likeness (QED) is 0.330. The van der Waals surface area contributed by atoms with Crippen molar-refractivity contribution in [3.05, 3.63) is 77.9 Å². The minimum Gasteiger partial charge on any atom is -0.354 e. The smallest absolute Gasteiger partial charge is 0.262 e. The summed E-state index contributed by atoms with van der Waals surface area (Å²) in [5, 5.41) is 8.42. The molecule has 0 bridgehead atoms. The Morgan fingerprint density at radius 1 is 1.10 bits per heavy atom. The number of carbonyl (C=O) groups excluding carboxylic acids is 1. The van der Waals surface area contributed by atoms with Crippen LogP contribution in [0.2, 0.25) is 0 Å². The summed E-state index contributed by atoms with van der Waals surface area (Å²) < 4.78 is 15.7. The maximum atomic E-state index is 15.7. The first kappa shape index (κ1) is 28.0. The van der Waals surface area contributed by atoms with Crippen LogP contribution < -0.4 is 20.4 Å². The fourth-order valence-electron chi connectivity index (χ4n) is 5.96. The molecule has 42 heavy (non-hydrogen) atoms. The predicted molar refractivity (Wildman–Crippen MR) is 165 cm³/mol. The van der Waals surface area contributed by atoms with Crippen LogP contribution in [-0.2, 0) is 0 Å². The molecule has 1 atom stereocenters. The number of nitrogens with one attached hydrogen (secondary N) is 2. The Morgan fingerprint density at radius 3 is 2.69 bits per heavy atom. The van der Waals surface area contributed by atoms with Crippen molar-refractivity contribution in [1.29, 1.82) is 0 Å². The second kappa shape index (κ2) is 12.4. The monoisotopic (exact) mass is 568 g/mol. The lowest BCUT2D eigenvalue weighted by atomic mass is 10.0. The van der Waals surface area contributed by atoms with Gasteiger partial charge in [-0.15, -0.1) is 0 Å². The van der Waals surface area contributed by atoms with Crippen LogP contribution in [0.1, 0.15) is 35.7 Å². The Kier molecular flexibility index (Phi) is 8.25. The molecular weight excluding hydrogens is 531 g/mol. The molecule has 2 aliphatic rings. The highest BCUT2D eigenvalue weighted by Gasteiger charge is 2.31. The van der Waals surface area contributed by atoms with Crippen LogP contribution in [-0.4, -0.2) is 77.6 Å². The molecule has 2 aliphatic heterocycles. The summed E-state index contributed by atoms with van der Waals surface area (Å²) in [6.45, 7) is 10.5. The van der Waals surface area contributed by atoms with Crippen LogP contribution in [0.25, 0.3) is 10.8 Å². The maximum absolute atomic E-state index is 15.7. The maximum Gasteiger partial charge on any atom is 0.262 e. The molecule has 6 rings (SSSR count). The van der Waals surface area contributed by atoms with Crippen molar-refractivity contribution in [3.63, 3.8) is 0 Å². The van der Waals surface area contributed by atoms with E-state index >= 15 is 4.39 Å². The summed E-state index contributed by atoms with van der Waals surface area (Å²) in [6, 6.07) is 14.3. The van der Waals surface area contributed by atoms with Crippen molar-refractivity contribution in [3.8, 4) is 0 Å². The van der Waals surface area contributed by atoms with E-state index in [-0.39, 0.29) is 11.6 Å². The SMILES string of the molecule is CCN1CCN(c2ccnc(Nc3ccc(C(=O)N(c4nccc5cccc(C)c45)[C@@H]4CCCNC4)c(F)c3)n2)CC1. The molecule has 2 aromatic carbocycles. The van der Waals surface area contributed by atoms with Gasteiger partial charge in [0.15, 0.2) is 0 Å². The minimum absolute atomic E-state index is 0.00183. The van der Waals surface area contributed by atoms with Gasteiger partial charge in [0.05, 0.1) is 11.6 Å². The standard InChI is InChI=1S/C32H37FN8O/c1-3-39-16-18-40(19-17-39)28-12-15-36-32(38-28)37-24-9-10-26(27(33)20-24)31(42)41(25-8-5-13-34-21-25)30-29-22(2)6-4-7-23(29)11-14-35-30/h4,6-7,9-12,14-15,20,25,34H,3,5,8,13,16-19,21H2,1-2H3,(H,36,37,38)/t25-/m1/s1. The second-order valence-electron chi connectivity index (χ2n) is 11.0. The van der Waals surface area contributed by atoms with E-state index in [4.69, 9.17) is 0 Å². The number of aromatic nitrogens is 3. The van der Waals surface area contributed by atoms with E-state index in [1.165, 1.54) is 12.1 Å². The number of fused-ring (bicyclic) bond motifs is 1. The van der Waals surface area contributed by atoms with E-state index in [9.17, 15) is 4.79 Å². The number of pyridine rings is 1. The Morgan fingerprint density at radius 2 is 1.93 bits per heavy atom. The summed E-state index contributed by atoms with van der Waals surface area (Å²) in [7, 11) is 0. The number of benzene rings is 2. The summed E-state index contributed by atoms with van der Waals surface area (Å²) in [6.07, 6.45) is 5.16. The van der Waals surface area contributed by atoms with Gasteiger partial charge in [-0.25, -0.2) is 14.4 Å². The first-order valence-electron chi connectivity index (χ1n) is 14.8. The lowest BCUT2D eigenvalue weighted by Gasteiger charge is -2.35. The Labute approximate surface area is 245 Å². The Hall–Kier alpha value is -4.15. The van der Waals surface area contributed by atoms with Gasteiger partial charge in [0, 0.05) is 56.2 Å². The summed E-state index contributed by atoms with van der Waals surface area (Å²) >= 11 is 0. The van der Waals surface area contributed by atoms with Gasteiger partial charge in [-0.05, 0) is 74.1 Å². The van der Waals surface area contributed by atoms with Crippen molar-refractivity contribution in [2.24, 2.45) is 0 Å². The normalized spacial score (nSPS) is 17.8. The number of hydrogen-bond acceptors (Lipinski definition) is 8. The van der Waals surface area contributed by atoms with E-state index < -0.39 is 11.7 Å². The van der Waals surface area contributed by atoms with Gasteiger partial charge in [0.1, 0.15) is 17.5 Å². The average molecular weight is 569 g/mol. The highest BCUT2D eigenvalue weighted by atomic mass is 19.1. The third-order valence-electron chi connectivity index (χ3n) is 8.30. The molecule has 4 aromatic rings. The number of hydrogen-bond donors (Lipinski definition) is 2. The molecule has 0 saturated carbocycles. The highest BCUT2D eigenvalue weighted by Crippen LogP contribution is 2.32. The fourth-order valence-corrected chi connectivity index (χ4v) is 5.96. The van der Waals surface area contributed by atoms with Crippen LogP contribution in [0.15, 0.2) is 60.9 Å². The molecule has 0 spiro atoms. The Bertz CT molecular complexity index is 1560. The number of halogens is 1. The third-order valence-corrected chi connectivity index (χ3v) is 8.30. The molecule has 0 radical (unpaired) electrons. The van der Waals surface area contributed by atoms with E-state index in [2.05, 4.69) is 42.3 Å². The lowest BCUT2D eigenvalue weighted by Crippen LogP contribution is -2.49. The van der Waals surface area contributed by atoms with Gasteiger partial charge in [-0.3, -0.25) is 9.69 Å². The number of likely N-dealkylation sites (N-methyl/N-ethyl adjacent to an activating group) is 1. The first-order chi connectivity index (χ1) is 20.5. The molecule has 2 fully saturated rings. The highest BCUT2D eigenvalue weighted by molar-refractivity contribution is 6.11. The zero-order valence-electron chi connectivity index (χ0n) is 24.2. The van der Waals surface area contributed by atoms with Crippen molar-refractivity contribution < 1.29 is 9.18 Å². The van der Waals surface area contributed by atoms with Gasteiger partial charge in [0.25, 0.3) is 5.91 Å². The number of aryl methyl sites for hydroxylation is 1. The summed E-state index contributed by atoms with van der Waals surface area (Å²) in [5.41, 5.74) is 1.50. The minimum atomic E-state index is -0.609. The van der Waals surface area contributed by atoms with E-state index in [1.54, 1.807) is 23.4 Å². The number of piperazine rings is 1. The van der Waals surface area contributed by atoms with Crippen molar-refractivity contribution in [2.75, 3.05) is 60.9 Å². The molecule has 0 aliphatic carbocycles. The lowest BCUT2D eigenvalue weighted by molar-refractivity contribution is 0.0968. The number of nitrogens with zero attached hydrogens (tertiary/aromatic N) is 6. The zero-order chi connectivity index (χ0) is 29.1. The van der Waals surface area contributed by atoms with Gasteiger partial charge in [-0.2, -0.15) is 4.98 Å². The van der Waals surface area contributed by atoms with Gasteiger partial charge in [-0.1, -0.05) is 25.1 Å². The van der Waals surface area contributed by atoms with Crippen LogP contribution in [0.3, 0.4) is 0 Å². The molecule has 2 saturated heterocycles. The number of anilines is 4. The molecular formula is C32H37FN8O. The van der Waals surface area contributed by atoms with Crippen molar-refractivity contribution in [1.82, 2.24) is 25.2 Å². The fraction of sp³-hybridized carbons (Fsp3) is 0.375. The van der Waals surface area contributed by atoms with Gasteiger partial charge in [0.2, 0.25) is 5.95 Å². The molecule has 218 valence electrons. The van der Waals surface area contributed by atoms with Crippen LogP contribution >= 0.6 is 0 Å². The molecule has 1 amide bonds. The average Bonchev–Trinajstić information content (AvgIpc) is 3.02. The molecule has 4 heterocycles. The first-order valence-corrected chi connectivity index (χ1v) is 14.8. The number of amides is 1. The van der Waals surface area contributed by atoms with Crippen molar-refractivity contribution >= 4 is 40.0 Å². The molecule has 2 N–H and O–H groups in total. The van der Waals surface area contributed by atoms with Gasteiger partial charge < -0.3 is 20.4 Å². The number of carbonyl (C=O) groups is 1. The summed E-state index contributed by atoms with van der Waals surface area (Å²) in [5.74, 6) is 0.776. The van der Waals surface area contributed by atoms with Gasteiger partial charge >= 0.3 is 0 Å². The molecule has 2 aromatic heterocycles.